The third-order valence-corrected chi connectivity index (χ3v) is 3.75. The minimum atomic E-state index is -6.39. The molecule has 0 saturated carbocycles. The second-order valence-corrected chi connectivity index (χ2v) is 4.63. The Balaban J connectivity index is 5.30. The van der Waals surface area contributed by atoms with Gasteiger partial charge in [0.05, 0.1) is 0 Å². The van der Waals surface area contributed by atoms with Crippen LogP contribution in [0.4, 0.5) is 35.1 Å². The molecule has 0 nitrogen and oxygen atoms in total. The van der Waals surface area contributed by atoms with Crippen molar-refractivity contribution in [1.82, 2.24) is 0 Å². The fourth-order valence-corrected chi connectivity index (χ4v) is 0.911. The number of alkyl halides is 10. The van der Waals surface area contributed by atoms with Crippen molar-refractivity contribution in [3.05, 3.63) is 0 Å². The fourth-order valence-electron chi connectivity index (χ4n) is 0.356. The molecule has 0 spiro atoms. The van der Waals surface area contributed by atoms with E-state index in [1.165, 1.54) is 0 Å². The van der Waals surface area contributed by atoms with Gasteiger partial charge in [0.25, 0.3) is 0 Å². The smallest absolute Gasteiger partial charge is 0.217 e. The summed E-state index contributed by atoms with van der Waals surface area (Å²) in [6.45, 7) is 0. The molecule has 0 rings (SSSR count). The molecule has 0 aromatic rings. The Morgan fingerprint density at radius 3 is 1.14 bits per heavy atom. The Morgan fingerprint density at radius 2 is 1.07 bits per heavy atom. The van der Waals surface area contributed by atoms with Crippen LogP contribution in [0.5, 0.6) is 0 Å². The summed E-state index contributed by atoms with van der Waals surface area (Å²) in [6.07, 6.45) is -6.39. The molecule has 0 aliphatic heterocycles. The molecule has 0 aromatic heterocycles. The van der Waals surface area contributed by atoms with Crippen LogP contribution < -0.4 is 0 Å². The third kappa shape index (κ3) is 2.25. The van der Waals surface area contributed by atoms with Crippen molar-refractivity contribution in [3.8, 4) is 0 Å². The van der Waals surface area contributed by atoms with Gasteiger partial charge in [0.2, 0.25) is 0 Å². The number of rotatable bonds is 2. The molecule has 1 unspecified atom stereocenters. The van der Waals surface area contributed by atoms with Gasteiger partial charge >= 0.3 is 20.6 Å². The van der Waals surface area contributed by atoms with Gasteiger partial charge in [-0.2, -0.15) is 30.7 Å². The van der Waals surface area contributed by atoms with Gasteiger partial charge in [-0.15, -0.1) is 0 Å². The van der Waals surface area contributed by atoms with Crippen LogP contribution >= 0.6 is 38.5 Å². The van der Waals surface area contributed by atoms with Crippen molar-refractivity contribution in [2.24, 2.45) is 0 Å². The Kier molecular flexibility index (Phi) is 3.76. The van der Waals surface area contributed by atoms with Crippen LogP contribution in [0, 0.1) is 0 Å². The standard InChI is InChI=1S/C4BrF8I/c5-3(9,10)2(8,14)1(6,7)4(11,12)13. The average Bonchev–Trinajstić information content (AvgIpc) is 1.81. The van der Waals surface area contributed by atoms with Crippen LogP contribution in [0.1, 0.15) is 0 Å². The highest BCUT2D eigenvalue weighted by atomic mass is 127. The highest BCUT2D eigenvalue weighted by Crippen LogP contribution is 2.57. The van der Waals surface area contributed by atoms with Gasteiger partial charge in [-0.25, -0.2) is 4.39 Å². The first kappa shape index (κ1) is 14.6. The van der Waals surface area contributed by atoms with E-state index in [0.717, 1.165) is 15.9 Å². The molecule has 0 saturated heterocycles. The molecule has 14 heavy (non-hydrogen) atoms. The number of hydrogen-bond acceptors (Lipinski definition) is 0. The molecule has 10 heteroatoms. The minimum absolute atomic E-state index is 0.283. The summed E-state index contributed by atoms with van der Waals surface area (Å²) in [5.41, 5.74) is 0. The van der Waals surface area contributed by atoms with E-state index in [9.17, 15) is 35.1 Å². The van der Waals surface area contributed by atoms with Crippen LogP contribution in [0.3, 0.4) is 0 Å². The quantitative estimate of drug-likeness (QED) is 0.365. The SMILES string of the molecule is FC(F)(F)C(F)(F)C(F)(I)C(F)(F)Br. The molecule has 0 amide bonds. The van der Waals surface area contributed by atoms with E-state index in [-0.39, 0.29) is 22.6 Å². The van der Waals surface area contributed by atoms with Gasteiger partial charge in [0, 0.05) is 0 Å². The van der Waals surface area contributed by atoms with E-state index in [2.05, 4.69) is 0 Å². The predicted octanol–water partition coefficient (Wildman–Crippen LogP) is 4.27. The van der Waals surface area contributed by atoms with Gasteiger partial charge in [-0.3, -0.25) is 0 Å². The molecular formula is C4BrF8I. The third-order valence-electron chi connectivity index (χ3n) is 1.11. The largest absolute Gasteiger partial charge is 0.457 e. The summed E-state index contributed by atoms with van der Waals surface area (Å²) in [5, 5.41) is 0. The second kappa shape index (κ2) is 3.59. The maximum atomic E-state index is 12.6. The van der Waals surface area contributed by atoms with Crippen molar-refractivity contribution < 1.29 is 35.1 Å². The lowest BCUT2D eigenvalue weighted by molar-refractivity contribution is -0.321. The van der Waals surface area contributed by atoms with Crippen LogP contribution in [0.25, 0.3) is 0 Å². The molecule has 86 valence electrons. The Hall–Kier alpha value is 0.650. The average molecular weight is 407 g/mol. The number of halogens is 10. The molecule has 0 aromatic carbocycles. The van der Waals surface area contributed by atoms with Crippen LogP contribution in [-0.4, -0.2) is 20.6 Å². The lowest BCUT2D eigenvalue weighted by Gasteiger charge is -2.32. The molecule has 0 aliphatic rings. The minimum Gasteiger partial charge on any atom is -0.217 e. The molecule has 0 bridgehead atoms. The first-order valence-electron chi connectivity index (χ1n) is 2.64. The van der Waals surface area contributed by atoms with Gasteiger partial charge in [0.15, 0.2) is 0 Å². The van der Waals surface area contributed by atoms with E-state index in [1.807, 2.05) is 0 Å². The Bertz CT molecular complexity index is 190. The van der Waals surface area contributed by atoms with Crippen molar-refractivity contribution >= 4 is 38.5 Å². The van der Waals surface area contributed by atoms with Crippen molar-refractivity contribution in [3.63, 3.8) is 0 Å². The lowest BCUT2D eigenvalue weighted by Crippen LogP contribution is -2.57. The molecule has 0 aliphatic carbocycles. The monoisotopic (exact) mass is 406 g/mol. The molecule has 0 heterocycles. The van der Waals surface area contributed by atoms with Gasteiger partial charge in [-0.1, -0.05) is 0 Å². The number of hydrogen-bond donors (Lipinski definition) is 0. The summed E-state index contributed by atoms with van der Waals surface area (Å²) in [7, 11) is 0. The zero-order chi connectivity index (χ0) is 12.0. The van der Waals surface area contributed by atoms with E-state index < -0.39 is 20.6 Å². The lowest BCUT2D eigenvalue weighted by atomic mass is 10.2. The van der Waals surface area contributed by atoms with Crippen LogP contribution in [-0.2, 0) is 0 Å². The maximum absolute atomic E-state index is 12.6. The molecular weight excluding hydrogens is 407 g/mol. The summed E-state index contributed by atoms with van der Waals surface area (Å²) in [5.74, 6) is -6.16. The first-order valence-corrected chi connectivity index (χ1v) is 4.51. The second-order valence-electron chi connectivity index (χ2n) is 2.14. The molecule has 0 fully saturated rings. The normalized spacial score (nSPS) is 19.3. The zero-order valence-corrected chi connectivity index (χ0v) is 9.52. The van der Waals surface area contributed by atoms with E-state index in [4.69, 9.17) is 0 Å². The van der Waals surface area contributed by atoms with E-state index >= 15 is 0 Å². The summed E-state index contributed by atoms with van der Waals surface area (Å²) < 4.78 is 90.6. The first-order chi connectivity index (χ1) is 5.75. The topological polar surface area (TPSA) is 0 Å². The predicted molar refractivity (Wildman–Crippen MR) is 42.7 cm³/mol. The van der Waals surface area contributed by atoms with E-state index in [0.29, 0.717) is 0 Å². The zero-order valence-electron chi connectivity index (χ0n) is 5.78. The van der Waals surface area contributed by atoms with E-state index in [1.54, 1.807) is 0 Å². The van der Waals surface area contributed by atoms with Gasteiger partial charge in [-0.05, 0) is 38.5 Å². The molecule has 0 N–H and O–H groups in total. The summed E-state index contributed by atoms with van der Waals surface area (Å²) in [6, 6.07) is 0. The maximum Gasteiger partial charge on any atom is 0.457 e. The van der Waals surface area contributed by atoms with Gasteiger partial charge in [0.1, 0.15) is 0 Å². The molecule has 1 atom stereocenters. The Labute approximate surface area is 94.3 Å². The summed E-state index contributed by atoms with van der Waals surface area (Å²) in [4.78, 5) is -5.00. The highest BCUT2D eigenvalue weighted by molar-refractivity contribution is 14.1. The van der Waals surface area contributed by atoms with Crippen molar-refractivity contribution in [2.45, 2.75) is 20.6 Å². The van der Waals surface area contributed by atoms with Crippen LogP contribution in [0.2, 0.25) is 0 Å². The fraction of sp³-hybridized carbons (Fsp3) is 1.00. The van der Waals surface area contributed by atoms with Crippen molar-refractivity contribution in [2.75, 3.05) is 0 Å². The summed E-state index contributed by atoms with van der Waals surface area (Å²) >= 11 is 0.849. The van der Waals surface area contributed by atoms with Crippen molar-refractivity contribution in [1.29, 1.82) is 0 Å². The molecule has 0 radical (unpaired) electrons. The van der Waals surface area contributed by atoms with Gasteiger partial charge < -0.3 is 0 Å². The van der Waals surface area contributed by atoms with Crippen LogP contribution in [0.15, 0.2) is 0 Å². The highest BCUT2D eigenvalue weighted by Gasteiger charge is 2.78. The Morgan fingerprint density at radius 1 is 0.786 bits per heavy atom.